The van der Waals surface area contributed by atoms with Crippen molar-refractivity contribution >= 4 is 35.8 Å². The first kappa shape index (κ1) is 14.4. The summed E-state index contributed by atoms with van der Waals surface area (Å²) in [6, 6.07) is 10.3. The number of rotatable bonds is 2. The Labute approximate surface area is 125 Å². The van der Waals surface area contributed by atoms with Gasteiger partial charge in [0, 0.05) is 4.90 Å². The van der Waals surface area contributed by atoms with Gasteiger partial charge in [-0.05, 0) is 36.4 Å². The van der Waals surface area contributed by atoms with Crippen molar-refractivity contribution in [3.05, 3.63) is 58.4 Å². The fourth-order valence-corrected chi connectivity index (χ4v) is 1.94. The molecule has 0 saturated heterocycles. The number of nitriles is 1. The quantitative estimate of drug-likeness (QED) is 0.827. The van der Waals surface area contributed by atoms with Crippen LogP contribution in [0.4, 0.5) is 10.1 Å². The Morgan fingerprint density at radius 2 is 2.05 bits per heavy atom. The molecule has 1 N–H and O–H groups in total. The van der Waals surface area contributed by atoms with E-state index in [0.29, 0.717) is 10.5 Å². The van der Waals surface area contributed by atoms with Crippen LogP contribution in [0.2, 0.25) is 5.02 Å². The van der Waals surface area contributed by atoms with Crippen molar-refractivity contribution < 1.29 is 9.18 Å². The van der Waals surface area contributed by atoms with Gasteiger partial charge < -0.3 is 5.32 Å². The third-order valence-electron chi connectivity index (χ3n) is 2.54. The van der Waals surface area contributed by atoms with Gasteiger partial charge in [0.05, 0.1) is 27.9 Å². The van der Waals surface area contributed by atoms with Gasteiger partial charge in [0.2, 0.25) is 0 Å². The molecule has 0 radical (unpaired) electrons. The highest BCUT2D eigenvalue weighted by Gasteiger charge is 2.14. The van der Waals surface area contributed by atoms with Crippen LogP contribution in [-0.4, -0.2) is 5.91 Å². The smallest absolute Gasteiger partial charge is 0.258 e. The lowest BCUT2D eigenvalue weighted by atomic mass is 10.1. The number of nitrogens with zero attached hydrogens (tertiary/aromatic N) is 1. The number of hydrogen-bond acceptors (Lipinski definition) is 3. The summed E-state index contributed by atoms with van der Waals surface area (Å²) in [6.45, 7) is 0. The Hall–Kier alpha value is -2.03. The van der Waals surface area contributed by atoms with E-state index in [-0.39, 0.29) is 16.3 Å². The Balaban J connectivity index is 2.33. The van der Waals surface area contributed by atoms with Crippen LogP contribution in [0.25, 0.3) is 0 Å². The number of carbonyl (C=O) groups is 1. The molecule has 0 unspecified atom stereocenters. The normalized spacial score (nSPS) is 9.90. The standard InChI is InChI=1S/C14H8ClFN2OS/c15-11-3-1-8(7-17)5-13(11)18-14(19)10-6-9(20)2-4-12(10)16/h1-6,20H,(H,18,19). The molecule has 3 nitrogen and oxygen atoms in total. The average Bonchev–Trinajstić information content (AvgIpc) is 2.43. The van der Waals surface area contributed by atoms with Gasteiger partial charge >= 0.3 is 0 Å². The minimum absolute atomic E-state index is 0.143. The number of nitrogens with one attached hydrogen (secondary N) is 1. The van der Waals surface area contributed by atoms with Crippen LogP contribution in [0.3, 0.4) is 0 Å². The fraction of sp³-hybridized carbons (Fsp3) is 0. The molecule has 1 amide bonds. The predicted molar refractivity (Wildman–Crippen MR) is 77.8 cm³/mol. The van der Waals surface area contributed by atoms with Crippen LogP contribution in [0.5, 0.6) is 0 Å². The molecule has 20 heavy (non-hydrogen) atoms. The zero-order valence-electron chi connectivity index (χ0n) is 10.0. The zero-order chi connectivity index (χ0) is 14.7. The number of amides is 1. The van der Waals surface area contributed by atoms with Gasteiger partial charge in [-0.3, -0.25) is 4.79 Å². The van der Waals surface area contributed by atoms with Crippen LogP contribution >= 0.6 is 24.2 Å². The van der Waals surface area contributed by atoms with Crippen molar-refractivity contribution in [3.63, 3.8) is 0 Å². The first-order valence-electron chi connectivity index (χ1n) is 5.51. The van der Waals surface area contributed by atoms with Crippen molar-refractivity contribution in [1.82, 2.24) is 0 Å². The summed E-state index contributed by atoms with van der Waals surface area (Å²) in [5, 5.41) is 11.5. The fourth-order valence-electron chi connectivity index (χ4n) is 1.57. The van der Waals surface area contributed by atoms with E-state index < -0.39 is 11.7 Å². The van der Waals surface area contributed by atoms with Crippen molar-refractivity contribution in [2.45, 2.75) is 4.90 Å². The summed E-state index contributed by atoms with van der Waals surface area (Å²) in [4.78, 5) is 12.5. The SMILES string of the molecule is N#Cc1ccc(Cl)c(NC(=O)c2cc(S)ccc2F)c1. The van der Waals surface area contributed by atoms with Gasteiger partial charge in [0.1, 0.15) is 5.82 Å². The highest BCUT2D eigenvalue weighted by atomic mass is 35.5. The Kier molecular flexibility index (Phi) is 4.28. The molecule has 0 aromatic heterocycles. The molecule has 2 rings (SSSR count). The number of carbonyl (C=O) groups excluding carboxylic acids is 1. The molecular weight excluding hydrogens is 299 g/mol. The average molecular weight is 307 g/mol. The molecule has 0 aliphatic rings. The maximum absolute atomic E-state index is 13.6. The minimum atomic E-state index is -0.659. The van der Waals surface area contributed by atoms with E-state index in [1.807, 2.05) is 6.07 Å². The second-order valence-corrected chi connectivity index (χ2v) is 4.85. The first-order valence-corrected chi connectivity index (χ1v) is 6.33. The molecule has 100 valence electrons. The van der Waals surface area contributed by atoms with Gasteiger partial charge in [-0.2, -0.15) is 5.26 Å². The third-order valence-corrected chi connectivity index (χ3v) is 3.15. The monoisotopic (exact) mass is 306 g/mol. The Morgan fingerprint density at radius 1 is 1.30 bits per heavy atom. The highest BCUT2D eigenvalue weighted by molar-refractivity contribution is 7.80. The minimum Gasteiger partial charge on any atom is -0.320 e. The lowest BCUT2D eigenvalue weighted by Gasteiger charge is -2.08. The van der Waals surface area contributed by atoms with Crippen molar-refractivity contribution in [3.8, 4) is 6.07 Å². The van der Waals surface area contributed by atoms with Crippen LogP contribution in [0.1, 0.15) is 15.9 Å². The summed E-state index contributed by atoms with van der Waals surface area (Å²) in [5.74, 6) is -1.32. The largest absolute Gasteiger partial charge is 0.320 e. The second kappa shape index (κ2) is 5.95. The second-order valence-electron chi connectivity index (χ2n) is 3.92. The number of halogens is 2. The summed E-state index contributed by atoms with van der Waals surface area (Å²) >= 11 is 9.98. The molecular formula is C14H8ClFN2OS. The maximum atomic E-state index is 13.6. The van der Waals surface area contributed by atoms with E-state index in [2.05, 4.69) is 17.9 Å². The molecule has 0 fully saturated rings. The van der Waals surface area contributed by atoms with E-state index in [9.17, 15) is 9.18 Å². The number of hydrogen-bond donors (Lipinski definition) is 2. The highest BCUT2D eigenvalue weighted by Crippen LogP contribution is 2.24. The van der Waals surface area contributed by atoms with E-state index >= 15 is 0 Å². The molecule has 0 atom stereocenters. The topological polar surface area (TPSA) is 52.9 Å². The Morgan fingerprint density at radius 3 is 2.75 bits per heavy atom. The van der Waals surface area contributed by atoms with Gasteiger partial charge in [-0.25, -0.2) is 4.39 Å². The number of thiol groups is 1. The number of benzene rings is 2. The molecule has 0 aliphatic heterocycles. The summed E-state index contributed by atoms with van der Waals surface area (Å²) in [6.07, 6.45) is 0. The molecule has 0 spiro atoms. The van der Waals surface area contributed by atoms with Gasteiger partial charge in [-0.1, -0.05) is 11.6 Å². The molecule has 2 aromatic carbocycles. The van der Waals surface area contributed by atoms with Crippen LogP contribution in [-0.2, 0) is 0 Å². The van der Waals surface area contributed by atoms with E-state index in [1.54, 1.807) is 0 Å². The summed E-state index contributed by atoms with van der Waals surface area (Å²) in [5.41, 5.74) is 0.448. The van der Waals surface area contributed by atoms with E-state index in [4.69, 9.17) is 16.9 Å². The molecule has 2 aromatic rings. The first-order chi connectivity index (χ1) is 9.51. The third kappa shape index (κ3) is 3.10. The molecule has 0 aliphatic carbocycles. The van der Waals surface area contributed by atoms with Crippen molar-refractivity contribution in [2.24, 2.45) is 0 Å². The molecule has 0 saturated carbocycles. The molecule has 0 heterocycles. The molecule has 0 bridgehead atoms. The van der Waals surface area contributed by atoms with Gasteiger partial charge in [0.25, 0.3) is 5.91 Å². The predicted octanol–water partition coefficient (Wildman–Crippen LogP) is 3.89. The van der Waals surface area contributed by atoms with Crippen LogP contribution in [0, 0.1) is 17.1 Å². The zero-order valence-corrected chi connectivity index (χ0v) is 11.7. The van der Waals surface area contributed by atoms with E-state index in [1.165, 1.54) is 30.3 Å². The lowest BCUT2D eigenvalue weighted by Crippen LogP contribution is -2.14. The summed E-state index contributed by atoms with van der Waals surface area (Å²) in [7, 11) is 0. The Bertz CT molecular complexity index is 728. The van der Waals surface area contributed by atoms with Crippen molar-refractivity contribution in [2.75, 3.05) is 5.32 Å². The van der Waals surface area contributed by atoms with Gasteiger partial charge in [-0.15, -0.1) is 12.6 Å². The maximum Gasteiger partial charge on any atom is 0.258 e. The van der Waals surface area contributed by atoms with E-state index in [0.717, 1.165) is 6.07 Å². The lowest BCUT2D eigenvalue weighted by molar-refractivity contribution is 0.102. The molecule has 6 heteroatoms. The van der Waals surface area contributed by atoms with Crippen LogP contribution in [0.15, 0.2) is 41.3 Å². The van der Waals surface area contributed by atoms with Crippen molar-refractivity contribution in [1.29, 1.82) is 5.26 Å². The summed E-state index contributed by atoms with van der Waals surface area (Å²) < 4.78 is 13.6. The van der Waals surface area contributed by atoms with Crippen LogP contribution < -0.4 is 5.32 Å². The number of anilines is 1. The van der Waals surface area contributed by atoms with Gasteiger partial charge in [0.15, 0.2) is 0 Å².